The predicted octanol–water partition coefficient (Wildman–Crippen LogP) is 2.38. The first-order chi connectivity index (χ1) is 9.76. The van der Waals surface area contributed by atoms with Crippen LogP contribution in [0.1, 0.15) is 39.3 Å². The SMILES string of the molecule is CC(C)(C)OC(=O)N[C@@H](CCC(=O)O)Cc1ccccn1. The number of nitrogens with one attached hydrogen (secondary N) is 1. The van der Waals surface area contributed by atoms with Gasteiger partial charge in [0, 0.05) is 30.8 Å². The van der Waals surface area contributed by atoms with Crippen LogP contribution in [0.3, 0.4) is 0 Å². The molecule has 1 aromatic rings. The number of nitrogens with zero attached hydrogens (tertiary/aromatic N) is 1. The molecule has 0 saturated heterocycles. The standard InChI is InChI=1S/C15H22N2O4/c1-15(2,3)21-14(20)17-12(7-8-13(18)19)10-11-6-4-5-9-16-11/h4-6,9,12H,7-8,10H2,1-3H3,(H,17,20)(H,18,19)/t12-/m0/s1. The van der Waals surface area contributed by atoms with E-state index in [2.05, 4.69) is 10.3 Å². The Balaban J connectivity index is 2.63. The van der Waals surface area contributed by atoms with E-state index in [1.165, 1.54) is 0 Å². The van der Waals surface area contributed by atoms with E-state index >= 15 is 0 Å². The van der Waals surface area contributed by atoms with Gasteiger partial charge in [0.2, 0.25) is 0 Å². The molecule has 0 spiro atoms. The van der Waals surface area contributed by atoms with Crippen molar-refractivity contribution in [3.63, 3.8) is 0 Å². The summed E-state index contributed by atoms with van der Waals surface area (Å²) in [4.78, 5) is 26.7. The Morgan fingerprint density at radius 2 is 2.10 bits per heavy atom. The van der Waals surface area contributed by atoms with E-state index in [1.807, 2.05) is 12.1 Å². The molecule has 1 heterocycles. The van der Waals surface area contributed by atoms with Gasteiger partial charge in [0.15, 0.2) is 0 Å². The van der Waals surface area contributed by atoms with Crippen molar-refractivity contribution in [2.75, 3.05) is 0 Å². The number of carboxylic acids is 1. The molecule has 0 aliphatic carbocycles. The topological polar surface area (TPSA) is 88.5 Å². The zero-order chi connectivity index (χ0) is 15.9. The molecule has 0 aromatic carbocycles. The van der Waals surface area contributed by atoms with Crippen LogP contribution in [0.15, 0.2) is 24.4 Å². The summed E-state index contributed by atoms with van der Waals surface area (Å²) in [6.45, 7) is 5.33. The summed E-state index contributed by atoms with van der Waals surface area (Å²) in [6, 6.07) is 5.16. The molecule has 116 valence electrons. The summed E-state index contributed by atoms with van der Waals surface area (Å²) >= 11 is 0. The van der Waals surface area contributed by atoms with Gasteiger partial charge < -0.3 is 15.2 Å². The Kier molecular flexibility index (Phi) is 6.14. The molecule has 0 radical (unpaired) electrons. The fourth-order valence-corrected chi connectivity index (χ4v) is 1.77. The van der Waals surface area contributed by atoms with Crippen LogP contribution in [-0.2, 0) is 16.0 Å². The number of aliphatic carboxylic acids is 1. The van der Waals surface area contributed by atoms with E-state index in [0.29, 0.717) is 12.8 Å². The van der Waals surface area contributed by atoms with E-state index in [0.717, 1.165) is 5.69 Å². The molecular weight excluding hydrogens is 272 g/mol. The van der Waals surface area contributed by atoms with Crippen molar-refractivity contribution in [1.29, 1.82) is 0 Å². The second-order valence-electron chi connectivity index (χ2n) is 5.80. The van der Waals surface area contributed by atoms with Gasteiger partial charge in [-0.05, 0) is 39.3 Å². The summed E-state index contributed by atoms with van der Waals surface area (Å²) < 4.78 is 5.19. The average molecular weight is 294 g/mol. The van der Waals surface area contributed by atoms with Crippen molar-refractivity contribution in [3.8, 4) is 0 Å². The summed E-state index contributed by atoms with van der Waals surface area (Å²) in [6.07, 6.45) is 1.89. The van der Waals surface area contributed by atoms with Gasteiger partial charge in [-0.15, -0.1) is 0 Å². The van der Waals surface area contributed by atoms with Crippen molar-refractivity contribution in [1.82, 2.24) is 10.3 Å². The number of ether oxygens (including phenoxy) is 1. The Bertz CT molecular complexity index is 468. The molecule has 1 aromatic heterocycles. The van der Waals surface area contributed by atoms with Gasteiger partial charge >= 0.3 is 12.1 Å². The molecule has 0 bridgehead atoms. The number of carbonyl (C=O) groups is 2. The highest BCUT2D eigenvalue weighted by Gasteiger charge is 2.20. The highest BCUT2D eigenvalue weighted by Crippen LogP contribution is 2.10. The third-order valence-corrected chi connectivity index (χ3v) is 2.61. The maximum Gasteiger partial charge on any atom is 0.407 e. The number of rotatable bonds is 6. The maximum atomic E-state index is 11.8. The smallest absolute Gasteiger partial charge is 0.407 e. The van der Waals surface area contributed by atoms with Crippen LogP contribution < -0.4 is 5.32 Å². The van der Waals surface area contributed by atoms with Gasteiger partial charge in [0.05, 0.1) is 0 Å². The summed E-state index contributed by atoms with van der Waals surface area (Å²) in [5.74, 6) is -0.896. The zero-order valence-electron chi connectivity index (χ0n) is 12.6. The summed E-state index contributed by atoms with van der Waals surface area (Å²) in [7, 11) is 0. The fourth-order valence-electron chi connectivity index (χ4n) is 1.77. The molecule has 1 atom stereocenters. The minimum absolute atomic E-state index is 0.0205. The van der Waals surface area contributed by atoms with Crippen molar-refractivity contribution in [2.45, 2.75) is 51.7 Å². The Hall–Kier alpha value is -2.11. The van der Waals surface area contributed by atoms with Crippen LogP contribution in [0.2, 0.25) is 0 Å². The second kappa shape index (κ2) is 7.61. The van der Waals surface area contributed by atoms with Crippen molar-refractivity contribution >= 4 is 12.1 Å². The number of amides is 1. The molecule has 6 heteroatoms. The van der Waals surface area contributed by atoms with Gasteiger partial charge in [0.1, 0.15) is 5.60 Å². The van der Waals surface area contributed by atoms with Gasteiger partial charge in [0.25, 0.3) is 0 Å². The lowest BCUT2D eigenvalue weighted by atomic mass is 10.1. The highest BCUT2D eigenvalue weighted by molar-refractivity contribution is 5.69. The summed E-state index contributed by atoms with van der Waals surface area (Å²) in [5.41, 5.74) is 0.204. The van der Waals surface area contributed by atoms with Gasteiger partial charge in [-0.2, -0.15) is 0 Å². The van der Waals surface area contributed by atoms with Crippen LogP contribution >= 0.6 is 0 Å². The van der Waals surface area contributed by atoms with Crippen LogP contribution in [0.25, 0.3) is 0 Å². The van der Waals surface area contributed by atoms with E-state index in [9.17, 15) is 9.59 Å². The van der Waals surface area contributed by atoms with E-state index in [1.54, 1.807) is 33.0 Å². The molecule has 1 rings (SSSR count). The normalized spacial score (nSPS) is 12.5. The van der Waals surface area contributed by atoms with Crippen molar-refractivity contribution < 1.29 is 19.4 Å². The second-order valence-corrected chi connectivity index (χ2v) is 5.80. The zero-order valence-corrected chi connectivity index (χ0v) is 12.6. The maximum absolute atomic E-state index is 11.8. The first-order valence-electron chi connectivity index (χ1n) is 6.87. The summed E-state index contributed by atoms with van der Waals surface area (Å²) in [5, 5.41) is 11.5. The molecular formula is C15H22N2O4. The van der Waals surface area contributed by atoms with Crippen molar-refractivity contribution in [3.05, 3.63) is 30.1 Å². The first kappa shape index (κ1) is 16.9. The van der Waals surface area contributed by atoms with E-state index in [4.69, 9.17) is 9.84 Å². The van der Waals surface area contributed by atoms with Gasteiger partial charge in [-0.1, -0.05) is 6.07 Å². The molecule has 0 saturated carbocycles. The Morgan fingerprint density at radius 1 is 1.38 bits per heavy atom. The fraction of sp³-hybridized carbons (Fsp3) is 0.533. The first-order valence-corrected chi connectivity index (χ1v) is 6.87. The van der Waals surface area contributed by atoms with Crippen LogP contribution in [-0.4, -0.2) is 33.8 Å². The number of hydrogen-bond donors (Lipinski definition) is 2. The van der Waals surface area contributed by atoms with Crippen LogP contribution in [0, 0.1) is 0 Å². The van der Waals surface area contributed by atoms with Crippen molar-refractivity contribution in [2.24, 2.45) is 0 Å². The highest BCUT2D eigenvalue weighted by atomic mass is 16.6. The number of carbonyl (C=O) groups excluding carboxylic acids is 1. The molecule has 21 heavy (non-hydrogen) atoms. The van der Waals surface area contributed by atoms with Crippen LogP contribution in [0.5, 0.6) is 0 Å². The molecule has 6 nitrogen and oxygen atoms in total. The Labute approximate surface area is 124 Å². The monoisotopic (exact) mass is 294 g/mol. The lowest BCUT2D eigenvalue weighted by Crippen LogP contribution is -2.40. The molecule has 0 aliphatic rings. The molecule has 0 unspecified atom stereocenters. The van der Waals surface area contributed by atoms with E-state index in [-0.39, 0.29) is 12.5 Å². The van der Waals surface area contributed by atoms with Crippen LogP contribution in [0.4, 0.5) is 4.79 Å². The Morgan fingerprint density at radius 3 is 2.62 bits per heavy atom. The number of pyridine rings is 1. The van der Waals surface area contributed by atoms with Gasteiger partial charge in [-0.25, -0.2) is 4.79 Å². The molecule has 0 aliphatic heterocycles. The quantitative estimate of drug-likeness (QED) is 0.841. The average Bonchev–Trinajstić information content (AvgIpc) is 2.34. The molecule has 0 fully saturated rings. The third-order valence-electron chi connectivity index (χ3n) is 2.61. The molecule has 1 amide bonds. The largest absolute Gasteiger partial charge is 0.481 e. The lowest BCUT2D eigenvalue weighted by molar-refractivity contribution is -0.137. The minimum Gasteiger partial charge on any atom is -0.481 e. The lowest BCUT2D eigenvalue weighted by Gasteiger charge is -2.23. The van der Waals surface area contributed by atoms with E-state index < -0.39 is 17.7 Å². The third kappa shape index (κ3) is 7.91. The van der Waals surface area contributed by atoms with Gasteiger partial charge in [-0.3, -0.25) is 9.78 Å². The number of alkyl carbamates (subject to hydrolysis) is 1. The number of hydrogen-bond acceptors (Lipinski definition) is 4. The number of aromatic nitrogens is 1. The predicted molar refractivity (Wildman–Crippen MR) is 78.0 cm³/mol. The molecule has 2 N–H and O–H groups in total. The number of carboxylic acid groups (broad SMARTS) is 1. The minimum atomic E-state index is -0.896.